The maximum atomic E-state index is 13.5. The van der Waals surface area contributed by atoms with Crippen molar-refractivity contribution in [3.8, 4) is 0 Å². The molecule has 3 saturated heterocycles. The molecule has 3 aliphatic rings. The summed E-state index contributed by atoms with van der Waals surface area (Å²) in [6.45, 7) is 3.88. The van der Waals surface area contributed by atoms with Crippen LogP contribution in [0.1, 0.15) is 56.3 Å². The number of amides is 4. The van der Waals surface area contributed by atoms with Gasteiger partial charge >= 0.3 is 5.97 Å². The van der Waals surface area contributed by atoms with Gasteiger partial charge in [0, 0.05) is 18.5 Å². The number of fused-ring (bicyclic) bond motifs is 1. The molecule has 1 aromatic carbocycles. The van der Waals surface area contributed by atoms with Gasteiger partial charge < -0.3 is 20.1 Å². The van der Waals surface area contributed by atoms with Crippen LogP contribution in [0.15, 0.2) is 30.3 Å². The van der Waals surface area contributed by atoms with Crippen molar-refractivity contribution < 1.29 is 33.4 Å². The Balaban J connectivity index is 1.51. The first-order valence-electron chi connectivity index (χ1n) is 11.9. The highest BCUT2D eigenvalue weighted by atomic mass is 16.7. The molecule has 0 radical (unpaired) electrons. The van der Waals surface area contributed by atoms with Crippen LogP contribution in [0.25, 0.3) is 0 Å². The maximum absolute atomic E-state index is 13.5. The zero-order valence-electron chi connectivity index (χ0n) is 19.8. The third-order valence-corrected chi connectivity index (χ3v) is 6.20. The van der Waals surface area contributed by atoms with Gasteiger partial charge in [-0.1, -0.05) is 18.2 Å². The zero-order chi connectivity index (χ0) is 25.1. The van der Waals surface area contributed by atoms with E-state index < -0.39 is 48.1 Å². The lowest BCUT2D eigenvalue weighted by molar-refractivity contribution is -0.179. The SMILES string of the molecule is CC(C)OC1OC(=O)C[C@@H]1NC(=O)C1CCCN2C(=O)CC[C@H](NC(=O)c3ccccc3)C(=O)N12. The standard InChI is InChI=1S/C24H30N4O7/c1-14(2)34-24-17(13-20(30)35-24)26-22(32)18-9-6-12-27-19(29)11-10-16(23(33)28(18)27)25-21(31)15-7-4-3-5-8-15/h3-5,7-8,14,16-18,24H,6,9-13H2,1-2H3,(H,25,31)(H,26,32)/t16-,17-,18?,24?/m0/s1. The van der Waals surface area contributed by atoms with Gasteiger partial charge in [0.2, 0.25) is 18.1 Å². The van der Waals surface area contributed by atoms with E-state index in [-0.39, 0.29) is 31.3 Å². The molecule has 11 heteroatoms. The Morgan fingerprint density at radius 2 is 1.83 bits per heavy atom. The van der Waals surface area contributed by atoms with Crippen LogP contribution in [0.3, 0.4) is 0 Å². The Hall–Kier alpha value is -3.47. The van der Waals surface area contributed by atoms with Gasteiger partial charge in [0.25, 0.3) is 11.8 Å². The molecule has 3 fully saturated rings. The molecule has 188 valence electrons. The predicted octanol–water partition coefficient (Wildman–Crippen LogP) is 0.496. The van der Waals surface area contributed by atoms with Crippen molar-refractivity contribution in [3.05, 3.63) is 35.9 Å². The highest BCUT2D eigenvalue weighted by Gasteiger charge is 2.46. The van der Waals surface area contributed by atoms with Crippen LogP contribution in [0.2, 0.25) is 0 Å². The normalized spacial score (nSPS) is 26.8. The molecule has 2 N–H and O–H groups in total. The van der Waals surface area contributed by atoms with Gasteiger partial charge in [-0.15, -0.1) is 0 Å². The number of hydrogen-bond donors (Lipinski definition) is 2. The average molecular weight is 487 g/mol. The molecule has 0 bridgehead atoms. The maximum Gasteiger partial charge on any atom is 0.310 e. The van der Waals surface area contributed by atoms with E-state index in [0.717, 1.165) is 0 Å². The number of esters is 1. The third kappa shape index (κ3) is 5.45. The summed E-state index contributed by atoms with van der Waals surface area (Å²) in [6.07, 6.45) is -0.154. The Labute approximate surface area is 203 Å². The van der Waals surface area contributed by atoms with Gasteiger partial charge in [0.05, 0.1) is 12.5 Å². The van der Waals surface area contributed by atoms with E-state index in [0.29, 0.717) is 24.9 Å². The molecule has 0 aromatic heterocycles. The number of nitrogens with one attached hydrogen (secondary N) is 2. The van der Waals surface area contributed by atoms with E-state index in [9.17, 15) is 24.0 Å². The summed E-state index contributed by atoms with van der Waals surface area (Å²) in [4.78, 5) is 64.2. The van der Waals surface area contributed by atoms with E-state index in [1.54, 1.807) is 44.2 Å². The number of hydrazine groups is 1. The number of carbonyl (C=O) groups is 5. The van der Waals surface area contributed by atoms with Gasteiger partial charge in [0.15, 0.2) is 0 Å². The number of rotatable bonds is 6. The minimum absolute atomic E-state index is 0.0534. The Bertz CT molecular complexity index is 999. The van der Waals surface area contributed by atoms with Crippen molar-refractivity contribution >= 4 is 29.6 Å². The minimum atomic E-state index is -0.968. The molecule has 3 heterocycles. The molecule has 0 spiro atoms. The number of nitrogens with zero attached hydrogens (tertiary/aromatic N) is 2. The fraction of sp³-hybridized carbons (Fsp3) is 0.542. The lowest BCUT2D eigenvalue weighted by atomic mass is 10.0. The van der Waals surface area contributed by atoms with Crippen LogP contribution in [-0.4, -0.2) is 76.7 Å². The predicted molar refractivity (Wildman–Crippen MR) is 121 cm³/mol. The van der Waals surface area contributed by atoms with Crippen LogP contribution < -0.4 is 10.6 Å². The van der Waals surface area contributed by atoms with Crippen molar-refractivity contribution in [1.82, 2.24) is 20.7 Å². The van der Waals surface area contributed by atoms with Crippen molar-refractivity contribution in [2.75, 3.05) is 6.54 Å². The Morgan fingerprint density at radius 3 is 2.54 bits per heavy atom. The number of carbonyl (C=O) groups excluding carboxylic acids is 5. The molecule has 3 aliphatic heterocycles. The Morgan fingerprint density at radius 1 is 1.09 bits per heavy atom. The van der Waals surface area contributed by atoms with E-state index in [1.165, 1.54) is 10.0 Å². The summed E-state index contributed by atoms with van der Waals surface area (Å²) in [5, 5.41) is 7.99. The fourth-order valence-electron chi connectivity index (χ4n) is 4.56. The molecule has 11 nitrogen and oxygen atoms in total. The Kier molecular flexibility index (Phi) is 7.34. The summed E-state index contributed by atoms with van der Waals surface area (Å²) in [5.74, 6) is -2.23. The minimum Gasteiger partial charge on any atom is -0.433 e. The number of ether oxygens (including phenoxy) is 2. The molecule has 0 saturated carbocycles. The van der Waals surface area contributed by atoms with Crippen LogP contribution in [-0.2, 0) is 28.7 Å². The van der Waals surface area contributed by atoms with E-state index in [2.05, 4.69) is 10.6 Å². The van der Waals surface area contributed by atoms with Crippen LogP contribution in [0.5, 0.6) is 0 Å². The first-order valence-corrected chi connectivity index (χ1v) is 11.9. The molecule has 35 heavy (non-hydrogen) atoms. The third-order valence-electron chi connectivity index (χ3n) is 6.20. The quantitative estimate of drug-likeness (QED) is 0.559. The number of hydrogen-bond acceptors (Lipinski definition) is 7. The first kappa shape index (κ1) is 24.6. The van der Waals surface area contributed by atoms with Gasteiger partial charge in [-0.2, -0.15) is 0 Å². The van der Waals surface area contributed by atoms with Crippen molar-refractivity contribution in [2.24, 2.45) is 0 Å². The lowest BCUT2D eigenvalue weighted by Crippen LogP contribution is -2.64. The highest BCUT2D eigenvalue weighted by molar-refractivity contribution is 5.99. The van der Waals surface area contributed by atoms with Crippen molar-refractivity contribution in [2.45, 2.75) is 76.5 Å². The average Bonchev–Trinajstić information content (AvgIpc) is 3.12. The van der Waals surface area contributed by atoms with Gasteiger partial charge in [-0.25, -0.2) is 5.01 Å². The molecular formula is C24H30N4O7. The van der Waals surface area contributed by atoms with Gasteiger partial charge in [0.1, 0.15) is 18.1 Å². The lowest BCUT2D eigenvalue weighted by Gasteiger charge is -2.43. The molecule has 4 atom stereocenters. The largest absolute Gasteiger partial charge is 0.433 e. The molecule has 0 aliphatic carbocycles. The first-order chi connectivity index (χ1) is 16.7. The van der Waals surface area contributed by atoms with E-state index in [4.69, 9.17) is 9.47 Å². The van der Waals surface area contributed by atoms with Crippen molar-refractivity contribution in [3.63, 3.8) is 0 Å². The van der Waals surface area contributed by atoms with Crippen LogP contribution >= 0.6 is 0 Å². The highest BCUT2D eigenvalue weighted by Crippen LogP contribution is 2.26. The summed E-state index contributed by atoms with van der Waals surface area (Å²) >= 11 is 0. The summed E-state index contributed by atoms with van der Waals surface area (Å²) < 4.78 is 10.8. The molecule has 4 rings (SSSR count). The van der Waals surface area contributed by atoms with Gasteiger partial charge in [-0.05, 0) is 45.2 Å². The summed E-state index contributed by atoms with van der Waals surface area (Å²) in [7, 11) is 0. The molecule has 2 unspecified atom stereocenters. The number of cyclic esters (lactones) is 1. The van der Waals surface area contributed by atoms with Crippen molar-refractivity contribution in [1.29, 1.82) is 0 Å². The van der Waals surface area contributed by atoms with E-state index >= 15 is 0 Å². The van der Waals surface area contributed by atoms with Crippen LogP contribution in [0, 0.1) is 0 Å². The van der Waals surface area contributed by atoms with Gasteiger partial charge in [-0.3, -0.25) is 29.0 Å². The number of benzene rings is 1. The second-order valence-corrected chi connectivity index (χ2v) is 9.15. The molecular weight excluding hydrogens is 456 g/mol. The smallest absolute Gasteiger partial charge is 0.310 e. The van der Waals surface area contributed by atoms with Crippen LogP contribution in [0.4, 0.5) is 0 Å². The zero-order valence-corrected chi connectivity index (χ0v) is 19.8. The summed E-state index contributed by atoms with van der Waals surface area (Å²) in [5.41, 5.74) is 0.391. The van der Waals surface area contributed by atoms with E-state index in [1.807, 2.05) is 0 Å². The topological polar surface area (TPSA) is 134 Å². The summed E-state index contributed by atoms with van der Waals surface area (Å²) in [6, 6.07) is 5.84. The second kappa shape index (κ2) is 10.4. The fourth-order valence-corrected chi connectivity index (χ4v) is 4.56. The monoisotopic (exact) mass is 486 g/mol. The molecule has 4 amide bonds. The second-order valence-electron chi connectivity index (χ2n) is 9.15. The molecule has 1 aromatic rings.